The summed E-state index contributed by atoms with van der Waals surface area (Å²) in [5.41, 5.74) is 7.00. The summed E-state index contributed by atoms with van der Waals surface area (Å²) in [4.78, 5) is 25.3. The molecule has 8 heteroatoms. The lowest BCUT2D eigenvalue weighted by atomic mass is 9.86. The van der Waals surface area contributed by atoms with Crippen LogP contribution >= 0.6 is 35.8 Å². The average Bonchev–Trinajstić information content (AvgIpc) is 2.61. The van der Waals surface area contributed by atoms with Crippen LogP contribution in [-0.2, 0) is 9.59 Å². The Morgan fingerprint density at radius 2 is 1.96 bits per heavy atom. The molecule has 4 fully saturated rings. The highest BCUT2D eigenvalue weighted by molar-refractivity contribution is 8.00. The smallest absolute Gasteiger partial charge is 0.269 e. The summed E-state index contributed by atoms with van der Waals surface area (Å²) in [5.74, 6) is 1.42. The fourth-order valence-corrected chi connectivity index (χ4v) is 5.96. The summed E-state index contributed by atoms with van der Waals surface area (Å²) in [6, 6.07) is -0.514. The first kappa shape index (κ1) is 19.2. The lowest BCUT2D eigenvalue weighted by Gasteiger charge is -2.49. The first-order valence-corrected chi connectivity index (χ1v) is 10.1. The van der Waals surface area contributed by atoms with Crippen LogP contribution in [0.2, 0.25) is 0 Å². The molecule has 0 unspecified atom stereocenters. The van der Waals surface area contributed by atoms with Crippen molar-refractivity contribution in [2.45, 2.75) is 30.7 Å². The molecule has 5 rings (SSSR count). The van der Waals surface area contributed by atoms with E-state index >= 15 is 0 Å². The van der Waals surface area contributed by atoms with Crippen molar-refractivity contribution in [2.24, 2.45) is 11.7 Å². The standard InChI is InChI=1S/C17H23ClN3O2S.ClH/c18-15(22)14-12(10-24-17-13(19)16(23)20(14)17)2-1-6-21-7-3-11(4-8-21)5-9-21;/h1-2,11,13,17H,3-10,19H2;1H/q+1;/b2-1+;/t11?,13-,17-,21?;/m1./s1. The number of piperidine rings is 3. The highest BCUT2D eigenvalue weighted by Crippen LogP contribution is 2.40. The Labute approximate surface area is 163 Å². The Balaban J connectivity index is 0.00000182. The minimum absolute atomic E-state index is 0. The Bertz CT molecular complexity index is 630. The summed E-state index contributed by atoms with van der Waals surface area (Å²) < 4.78 is 1.17. The first-order chi connectivity index (χ1) is 11.5. The molecule has 0 aliphatic carbocycles. The van der Waals surface area contributed by atoms with Crippen LogP contribution in [0.3, 0.4) is 0 Å². The zero-order valence-corrected chi connectivity index (χ0v) is 16.4. The number of carbonyl (C=O) groups excluding carboxylic acids is 2. The van der Waals surface area contributed by atoms with Crippen LogP contribution < -0.4 is 5.73 Å². The van der Waals surface area contributed by atoms with Gasteiger partial charge in [-0.2, -0.15) is 0 Å². The lowest BCUT2D eigenvalue weighted by Crippen LogP contribution is -2.68. The number of carbonyl (C=O) groups is 2. The van der Waals surface area contributed by atoms with Crippen LogP contribution in [0.4, 0.5) is 0 Å². The van der Waals surface area contributed by atoms with Crippen LogP contribution in [0.15, 0.2) is 23.4 Å². The predicted octanol–water partition coefficient (Wildman–Crippen LogP) is 1.86. The van der Waals surface area contributed by atoms with Gasteiger partial charge in [0.2, 0.25) is 5.91 Å². The third kappa shape index (κ3) is 3.28. The van der Waals surface area contributed by atoms with E-state index in [1.807, 2.05) is 6.08 Å². The summed E-state index contributed by atoms with van der Waals surface area (Å²) >= 11 is 7.38. The van der Waals surface area contributed by atoms with Crippen molar-refractivity contribution < 1.29 is 14.1 Å². The minimum atomic E-state index is -0.564. The number of amides is 1. The number of fused-ring (bicyclic) bond motifs is 4. The van der Waals surface area contributed by atoms with Gasteiger partial charge in [-0.1, -0.05) is 6.08 Å². The van der Waals surface area contributed by atoms with Gasteiger partial charge in [-0.05, 0) is 48.4 Å². The summed E-state index contributed by atoms with van der Waals surface area (Å²) in [6.45, 7) is 4.81. The molecule has 2 N–H and O–H groups in total. The van der Waals surface area contributed by atoms with Crippen molar-refractivity contribution in [3.8, 4) is 0 Å². The lowest BCUT2D eigenvalue weighted by molar-refractivity contribution is -0.937. The van der Waals surface area contributed by atoms with E-state index in [4.69, 9.17) is 17.3 Å². The third-order valence-electron chi connectivity index (χ3n) is 6.07. The quantitative estimate of drug-likeness (QED) is 0.441. The molecule has 0 radical (unpaired) electrons. The van der Waals surface area contributed by atoms with Gasteiger partial charge in [-0.3, -0.25) is 14.5 Å². The minimum Gasteiger partial charge on any atom is -0.320 e. The van der Waals surface area contributed by atoms with Crippen LogP contribution in [0, 0.1) is 5.92 Å². The zero-order valence-electron chi connectivity index (χ0n) is 14.0. The molecular formula is C17H24Cl2N3O2S+. The SMILES string of the molecule is Cl.N[C@@H]1C(=O)N2C(C(=O)Cl)=C(/C=C/C[N+]34CCC(CC3)CC4)CS[C@H]12. The van der Waals surface area contributed by atoms with Gasteiger partial charge < -0.3 is 10.2 Å². The number of β-lactam (4-membered cyclic amide) rings is 1. The Morgan fingerprint density at radius 3 is 2.56 bits per heavy atom. The van der Waals surface area contributed by atoms with Crippen LogP contribution in [-0.4, -0.2) is 63.9 Å². The Hall–Kier alpha value is -0.530. The number of rotatable bonds is 4. The van der Waals surface area contributed by atoms with Gasteiger partial charge in [0, 0.05) is 5.75 Å². The van der Waals surface area contributed by atoms with Crippen molar-refractivity contribution in [2.75, 3.05) is 31.9 Å². The highest BCUT2D eigenvalue weighted by Gasteiger charge is 2.51. The second-order valence-electron chi connectivity index (χ2n) is 7.41. The van der Waals surface area contributed by atoms with E-state index in [1.165, 1.54) is 48.3 Å². The van der Waals surface area contributed by atoms with E-state index in [-0.39, 0.29) is 23.7 Å². The van der Waals surface area contributed by atoms with E-state index in [0.29, 0.717) is 11.4 Å². The maximum absolute atomic E-state index is 12.0. The van der Waals surface area contributed by atoms with Crippen molar-refractivity contribution in [3.63, 3.8) is 0 Å². The van der Waals surface area contributed by atoms with Crippen molar-refractivity contribution in [3.05, 3.63) is 23.4 Å². The normalized spacial score (nSPS) is 37.0. The van der Waals surface area contributed by atoms with Crippen LogP contribution in [0.5, 0.6) is 0 Å². The van der Waals surface area contributed by atoms with Crippen molar-refractivity contribution in [1.29, 1.82) is 0 Å². The van der Waals surface area contributed by atoms with Gasteiger partial charge in [0.05, 0.1) is 26.2 Å². The molecule has 5 heterocycles. The largest absolute Gasteiger partial charge is 0.320 e. The molecule has 0 saturated carbocycles. The summed E-state index contributed by atoms with van der Waals surface area (Å²) in [6.07, 6.45) is 8.22. The molecular weight excluding hydrogens is 381 g/mol. The molecule has 0 aromatic carbocycles. The van der Waals surface area contributed by atoms with Crippen LogP contribution in [0.25, 0.3) is 0 Å². The fraction of sp³-hybridized carbons (Fsp3) is 0.647. The van der Waals surface area contributed by atoms with Gasteiger partial charge in [0.15, 0.2) is 0 Å². The summed E-state index contributed by atoms with van der Waals surface area (Å²) in [5, 5.41) is -0.707. The van der Waals surface area contributed by atoms with E-state index < -0.39 is 11.3 Å². The van der Waals surface area contributed by atoms with Gasteiger partial charge in [-0.25, -0.2) is 0 Å². The molecule has 2 atom stereocenters. The molecule has 5 aliphatic rings. The number of quaternary nitrogens is 1. The zero-order chi connectivity index (χ0) is 16.9. The predicted molar refractivity (Wildman–Crippen MR) is 102 cm³/mol. The van der Waals surface area contributed by atoms with E-state index in [1.54, 1.807) is 11.8 Å². The van der Waals surface area contributed by atoms with Gasteiger partial charge in [0.25, 0.3) is 5.24 Å². The fourth-order valence-electron chi connectivity index (χ4n) is 4.48. The Morgan fingerprint density at radius 1 is 1.32 bits per heavy atom. The molecule has 1 amide bonds. The van der Waals surface area contributed by atoms with Crippen LogP contribution in [0.1, 0.15) is 19.3 Å². The maximum atomic E-state index is 12.0. The maximum Gasteiger partial charge on any atom is 0.269 e. The molecule has 0 spiro atoms. The van der Waals surface area contributed by atoms with E-state index in [9.17, 15) is 9.59 Å². The Kier molecular flexibility index (Phi) is 5.57. The first-order valence-electron chi connectivity index (χ1n) is 8.66. The molecule has 2 bridgehead atoms. The van der Waals surface area contributed by atoms with Crippen molar-refractivity contribution in [1.82, 2.24) is 4.90 Å². The molecule has 138 valence electrons. The van der Waals surface area contributed by atoms with Crippen molar-refractivity contribution >= 4 is 46.9 Å². The average molecular weight is 405 g/mol. The second-order valence-corrected chi connectivity index (χ2v) is 8.86. The number of halogens is 2. The molecule has 0 aromatic rings. The molecule has 0 aromatic heterocycles. The summed E-state index contributed by atoms with van der Waals surface area (Å²) in [7, 11) is 0. The van der Waals surface area contributed by atoms with Gasteiger partial charge >= 0.3 is 0 Å². The highest BCUT2D eigenvalue weighted by atomic mass is 35.5. The molecule has 25 heavy (non-hydrogen) atoms. The van der Waals surface area contributed by atoms with Gasteiger partial charge in [-0.15, -0.1) is 24.2 Å². The molecule has 5 nitrogen and oxygen atoms in total. The molecule has 5 aliphatic heterocycles. The second kappa shape index (κ2) is 7.24. The number of nitrogens with two attached hydrogens (primary N) is 1. The van der Waals surface area contributed by atoms with Gasteiger partial charge in [0.1, 0.15) is 17.1 Å². The number of hydrogen-bond donors (Lipinski definition) is 1. The number of hydrogen-bond acceptors (Lipinski definition) is 4. The van der Waals surface area contributed by atoms with E-state index in [2.05, 4.69) is 6.08 Å². The topological polar surface area (TPSA) is 63.4 Å². The number of allylic oxidation sites excluding steroid dienone is 2. The number of thioether (sulfide) groups is 1. The molecule has 4 saturated heterocycles. The van der Waals surface area contributed by atoms with E-state index in [0.717, 1.165) is 18.0 Å². The monoisotopic (exact) mass is 404 g/mol. The third-order valence-corrected chi connectivity index (χ3v) is 7.57. The number of nitrogens with zero attached hydrogens (tertiary/aromatic N) is 2.